The molecule has 0 aromatic rings. The van der Waals surface area contributed by atoms with E-state index in [2.05, 4.69) is 9.47 Å². The summed E-state index contributed by atoms with van der Waals surface area (Å²) in [4.78, 5) is 22.4. The van der Waals surface area contributed by atoms with Crippen LogP contribution in [0.15, 0.2) is 11.6 Å². The van der Waals surface area contributed by atoms with Crippen LogP contribution in [0.25, 0.3) is 0 Å². The quantitative estimate of drug-likeness (QED) is 0.548. The second-order valence-electron chi connectivity index (χ2n) is 3.26. The van der Waals surface area contributed by atoms with Crippen LogP contribution in [0.5, 0.6) is 0 Å². The maximum atomic E-state index is 12.1. The number of carbonyl (C=O) groups excluding carboxylic acids is 2. The Morgan fingerprint density at radius 2 is 1.67 bits per heavy atom. The molecule has 0 amide bonds. The fraction of sp³-hybridized carbons (Fsp3) is 0.636. The molecule has 0 rings (SSSR count). The summed E-state index contributed by atoms with van der Waals surface area (Å²) in [7, 11) is 0. The molecule has 0 aliphatic carbocycles. The third kappa shape index (κ3) is 7.70. The van der Waals surface area contributed by atoms with Gasteiger partial charge in [0.1, 0.15) is 0 Å². The van der Waals surface area contributed by atoms with Crippen LogP contribution in [0.3, 0.4) is 0 Å². The Kier molecular flexibility index (Phi) is 7.07. The first-order chi connectivity index (χ1) is 8.30. The molecule has 0 N–H and O–H groups in total. The lowest BCUT2D eigenvalue weighted by atomic mass is 10.1. The molecule has 18 heavy (non-hydrogen) atoms. The minimum absolute atomic E-state index is 0.0189. The Bertz CT molecular complexity index is 321. The van der Waals surface area contributed by atoms with Gasteiger partial charge in [-0.2, -0.15) is 13.2 Å². The molecule has 4 nitrogen and oxygen atoms in total. The van der Waals surface area contributed by atoms with Crippen molar-refractivity contribution in [3.63, 3.8) is 0 Å². The smallest absolute Gasteiger partial charge is 0.389 e. The largest absolute Gasteiger partial charge is 0.463 e. The Hall–Kier alpha value is -1.53. The predicted octanol–water partition coefficient (Wildman–Crippen LogP) is 2.38. The molecule has 0 saturated carbocycles. The number of hydrogen-bond donors (Lipinski definition) is 0. The summed E-state index contributed by atoms with van der Waals surface area (Å²) in [5.74, 6) is -1.79. The lowest BCUT2D eigenvalue weighted by molar-refractivity contribution is -0.143. The van der Waals surface area contributed by atoms with E-state index in [1.54, 1.807) is 6.92 Å². The Balaban J connectivity index is 4.72. The van der Waals surface area contributed by atoms with Crippen LogP contribution in [0.1, 0.15) is 26.7 Å². The summed E-state index contributed by atoms with van der Waals surface area (Å²) in [6.45, 7) is 3.16. The van der Waals surface area contributed by atoms with E-state index in [0.717, 1.165) is 6.08 Å². The molecule has 104 valence electrons. The number of carbonyl (C=O) groups is 2. The van der Waals surface area contributed by atoms with Crippen molar-refractivity contribution in [1.29, 1.82) is 0 Å². The molecule has 0 radical (unpaired) electrons. The van der Waals surface area contributed by atoms with Gasteiger partial charge in [0.15, 0.2) is 0 Å². The van der Waals surface area contributed by atoms with Gasteiger partial charge in [0.05, 0.1) is 13.2 Å². The van der Waals surface area contributed by atoms with Crippen LogP contribution in [0.4, 0.5) is 13.2 Å². The van der Waals surface area contributed by atoms with Gasteiger partial charge in [-0.3, -0.25) is 0 Å². The summed E-state index contributed by atoms with van der Waals surface area (Å²) in [6, 6.07) is 0. The minimum Gasteiger partial charge on any atom is -0.463 e. The van der Waals surface area contributed by atoms with Gasteiger partial charge in [0, 0.05) is 18.1 Å². The first-order valence-electron chi connectivity index (χ1n) is 5.41. The number of esters is 2. The fourth-order valence-corrected chi connectivity index (χ4v) is 1.06. The van der Waals surface area contributed by atoms with Crippen LogP contribution in [0.2, 0.25) is 0 Å². The zero-order valence-corrected chi connectivity index (χ0v) is 10.2. The van der Waals surface area contributed by atoms with Crippen LogP contribution in [0, 0.1) is 0 Å². The van der Waals surface area contributed by atoms with Crippen molar-refractivity contribution in [1.82, 2.24) is 0 Å². The molecule has 0 fully saturated rings. The lowest BCUT2D eigenvalue weighted by Gasteiger charge is -2.09. The molecule has 0 spiro atoms. The van der Waals surface area contributed by atoms with Crippen molar-refractivity contribution in [2.75, 3.05) is 13.2 Å². The minimum atomic E-state index is -4.40. The Morgan fingerprint density at radius 1 is 1.11 bits per heavy atom. The summed E-state index contributed by atoms with van der Waals surface area (Å²) in [5.41, 5.74) is -0.340. The van der Waals surface area contributed by atoms with Crippen LogP contribution in [-0.4, -0.2) is 31.3 Å². The average molecular weight is 268 g/mol. The third-order valence-corrected chi connectivity index (χ3v) is 1.79. The van der Waals surface area contributed by atoms with Crippen molar-refractivity contribution in [2.24, 2.45) is 0 Å². The summed E-state index contributed by atoms with van der Waals surface area (Å²) in [5, 5.41) is 0. The first-order valence-corrected chi connectivity index (χ1v) is 5.41. The number of halogens is 3. The Labute approximate surface area is 103 Å². The van der Waals surface area contributed by atoms with E-state index in [4.69, 9.17) is 0 Å². The molecule has 0 aliphatic rings. The molecular formula is C11H15F3O4. The van der Waals surface area contributed by atoms with Gasteiger partial charge >= 0.3 is 18.1 Å². The molecular weight excluding hydrogens is 253 g/mol. The summed E-state index contributed by atoms with van der Waals surface area (Å²) < 4.78 is 45.3. The second kappa shape index (κ2) is 7.73. The summed E-state index contributed by atoms with van der Waals surface area (Å²) in [6.07, 6.45) is -5.47. The van der Waals surface area contributed by atoms with Gasteiger partial charge in [-0.15, -0.1) is 0 Å². The number of hydrogen-bond acceptors (Lipinski definition) is 4. The third-order valence-electron chi connectivity index (χ3n) is 1.79. The SMILES string of the molecule is CCOC(=O)/C=C(/CCC(F)(F)F)C(=O)OCC. The van der Waals surface area contributed by atoms with E-state index < -0.39 is 31.0 Å². The maximum Gasteiger partial charge on any atom is 0.389 e. The normalized spacial score (nSPS) is 12.2. The number of ether oxygens (including phenoxy) is 2. The molecule has 0 aliphatic heterocycles. The molecule has 0 aromatic carbocycles. The van der Waals surface area contributed by atoms with Crippen molar-refractivity contribution < 1.29 is 32.2 Å². The second-order valence-corrected chi connectivity index (χ2v) is 3.26. The monoisotopic (exact) mass is 268 g/mol. The maximum absolute atomic E-state index is 12.1. The van der Waals surface area contributed by atoms with E-state index in [-0.39, 0.29) is 18.8 Å². The molecule has 0 saturated heterocycles. The van der Waals surface area contributed by atoms with E-state index in [1.807, 2.05) is 0 Å². The van der Waals surface area contributed by atoms with E-state index in [0.29, 0.717) is 0 Å². The van der Waals surface area contributed by atoms with Crippen molar-refractivity contribution >= 4 is 11.9 Å². The van der Waals surface area contributed by atoms with Crippen LogP contribution >= 0.6 is 0 Å². The highest BCUT2D eigenvalue weighted by Gasteiger charge is 2.28. The zero-order chi connectivity index (χ0) is 14.2. The standard InChI is InChI=1S/C11H15F3O4/c1-3-17-9(15)7-8(10(16)18-4-2)5-6-11(12,13)14/h7H,3-6H2,1-2H3/b8-7-. The molecule has 0 unspecified atom stereocenters. The molecule has 7 heteroatoms. The van der Waals surface area contributed by atoms with Gasteiger partial charge in [-0.1, -0.05) is 0 Å². The van der Waals surface area contributed by atoms with Crippen LogP contribution < -0.4 is 0 Å². The molecule has 0 heterocycles. The lowest BCUT2D eigenvalue weighted by Crippen LogP contribution is -2.14. The highest BCUT2D eigenvalue weighted by molar-refractivity contribution is 5.96. The molecule has 0 bridgehead atoms. The molecule has 0 atom stereocenters. The molecule has 0 aromatic heterocycles. The van der Waals surface area contributed by atoms with Crippen molar-refractivity contribution in [3.8, 4) is 0 Å². The van der Waals surface area contributed by atoms with E-state index >= 15 is 0 Å². The zero-order valence-electron chi connectivity index (χ0n) is 10.2. The van der Waals surface area contributed by atoms with Gasteiger partial charge < -0.3 is 9.47 Å². The highest BCUT2D eigenvalue weighted by atomic mass is 19.4. The number of rotatable bonds is 6. The van der Waals surface area contributed by atoms with E-state index in [9.17, 15) is 22.8 Å². The number of alkyl halides is 3. The van der Waals surface area contributed by atoms with Crippen molar-refractivity contribution in [2.45, 2.75) is 32.9 Å². The summed E-state index contributed by atoms with van der Waals surface area (Å²) >= 11 is 0. The van der Waals surface area contributed by atoms with Gasteiger partial charge in [-0.05, 0) is 20.3 Å². The topological polar surface area (TPSA) is 52.6 Å². The predicted molar refractivity (Wildman–Crippen MR) is 56.6 cm³/mol. The fourth-order valence-electron chi connectivity index (χ4n) is 1.06. The Morgan fingerprint density at radius 3 is 2.11 bits per heavy atom. The van der Waals surface area contributed by atoms with Gasteiger partial charge in [0.25, 0.3) is 0 Å². The van der Waals surface area contributed by atoms with Gasteiger partial charge in [-0.25, -0.2) is 9.59 Å². The highest BCUT2D eigenvalue weighted by Crippen LogP contribution is 2.24. The first kappa shape index (κ1) is 16.5. The van der Waals surface area contributed by atoms with E-state index in [1.165, 1.54) is 6.92 Å². The van der Waals surface area contributed by atoms with Gasteiger partial charge in [0.2, 0.25) is 0 Å². The van der Waals surface area contributed by atoms with Crippen molar-refractivity contribution in [3.05, 3.63) is 11.6 Å². The average Bonchev–Trinajstić information content (AvgIpc) is 2.23. The van der Waals surface area contributed by atoms with Crippen LogP contribution in [-0.2, 0) is 19.1 Å².